The van der Waals surface area contributed by atoms with Gasteiger partial charge in [-0.05, 0) is 68.5 Å². The van der Waals surface area contributed by atoms with E-state index in [0.717, 1.165) is 21.0 Å². The topological polar surface area (TPSA) is 86.8 Å². The smallest absolute Gasteiger partial charge is 0.264 e. The first-order chi connectivity index (χ1) is 19.3. The number of benzene rings is 3. The van der Waals surface area contributed by atoms with E-state index in [2.05, 4.69) is 5.32 Å². The molecule has 0 bridgehead atoms. The Balaban J connectivity index is 2.09. The highest BCUT2D eigenvalue weighted by molar-refractivity contribution is 7.92. The van der Waals surface area contributed by atoms with Crippen LogP contribution in [0.2, 0.25) is 5.02 Å². The van der Waals surface area contributed by atoms with Gasteiger partial charge in [-0.3, -0.25) is 13.9 Å². The number of hydrogen-bond acceptors (Lipinski definition) is 4. The summed E-state index contributed by atoms with van der Waals surface area (Å²) in [6.07, 6.45) is 0.363. The Labute approximate surface area is 249 Å². The average molecular weight is 598 g/mol. The predicted molar refractivity (Wildman–Crippen MR) is 166 cm³/mol. The summed E-state index contributed by atoms with van der Waals surface area (Å²) in [5.74, 6) is -0.527. The Morgan fingerprint density at radius 3 is 2.20 bits per heavy atom. The van der Waals surface area contributed by atoms with Crippen LogP contribution in [0.1, 0.15) is 49.4 Å². The number of rotatable bonds is 12. The lowest BCUT2D eigenvalue weighted by atomic mass is 10.1. The monoisotopic (exact) mass is 597 g/mol. The zero-order valence-electron chi connectivity index (χ0n) is 24.6. The zero-order valence-corrected chi connectivity index (χ0v) is 26.2. The standard InChI is InChI=1S/C32H40ClN3O4S/c1-7-29(32(38)34-19-22(2)3)35(20-26-11-8-10-24(5)18-26)31(37)21-36(30-13-9-12-28(33)25(30)6)41(39,40)27-16-14-23(4)15-17-27/h8-18,22,29H,7,19-21H2,1-6H3,(H,34,38)/t29-/m0/s1. The zero-order chi connectivity index (χ0) is 30.3. The third kappa shape index (κ3) is 8.11. The van der Waals surface area contributed by atoms with Crippen molar-refractivity contribution in [1.29, 1.82) is 0 Å². The third-order valence-electron chi connectivity index (χ3n) is 6.90. The molecule has 0 aromatic heterocycles. The van der Waals surface area contributed by atoms with Crippen molar-refractivity contribution in [3.8, 4) is 0 Å². The number of amides is 2. The summed E-state index contributed by atoms with van der Waals surface area (Å²) in [6.45, 7) is 11.5. The second kappa shape index (κ2) is 14.0. The van der Waals surface area contributed by atoms with E-state index in [1.807, 2.05) is 58.9 Å². The minimum absolute atomic E-state index is 0.0576. The Morgan fingerprint density at radius 2 is 1.59 bits per heavy atom. The first kappa shape index (κ1) is 32.2. The number of sulfonamides is 1. The van der Waals surface area contributed by atoms with Crippen molar-refractivity contribution in [3.63, 3.8) is 0 Å². The van der Waals surface area contributed by atoms with Crippen molar-refractivity contribution < 1.29 is 18.0 Å². The van der Waals surface area contributed by atoms with E-state index in [0.29, 0.717) is 29.2 Å². The van der Waals surface area contributed by atoms with Crippen LogP contribution in [0.3, 0.4) is 0 Å². The molecule has 3 aromatic carbocycles. The SMILES string of the molecule is CC[C@@H](C(=O)NCC(C)C)N(Cc1cccc(C)c1)C(=O)CN(c1cccc(Cl)c1C)S(=O)(=O)c1ccc(C)cc1. The second-order valence-corrected chi connectivity index (χ2v) is 13.1. The Hall–Kier alpha value is -3.36. The van der Waals surface area contributed by atoms with E-state index in [9.17, 15) is 18.0 Å². The van der Waals surface area contributed by atoms with E-state index in [1.165, 1.54) is 17.0 Å². The Morgan fingerprint density at radius 1 is 0.927 bits per heavy atom. The van der Waals surface area contributed by atoms with Gasteiger partial charge in [0, 0.05) is 18.1 Å². The maximum Gasteiger partial charge on any atom is 0.264 e. The minimum atomic E-state index is -4.17. The van der Waals surface area contributed by atoms with Gasteiger partial charge in [0.05, 0.1) is 10.6 Å². The summed E-state index contributed by atoms with van der Waals surface area (Å²) in [7, 11) is -4.17. The fourth-order valence-electron chi connectivity index (χ4n) is 4.57. The molecule has 41 heavy (non-hydrogen) atoms. The van der Waals surface area contributed by atoms with Crippen LogP contribution < -0.4 is 9.62 Å². The highest BCUT2D eigenvalue weighted by Gasteiger charge is 2.34. The molecule has 0 radical (unpaired) electrons. The van der Waals surface area contributed by atoms with E-state index in [-0.39, 0.29) is 23.3 Å². The van der Waals surface area contributed by atoms with Crippen molar-refractivity contribution >= 4 is 39.1 Å². The summed E-state index contributed by atoms with van der Waals surface area (Å²) in [6, 6.07) is 18.4. The summed E-state index contributed by atoms with van der Waals surface area (Å²) in [5, 5.41) is 3.33. The fraction of sp³-hybridized carbons (Fsp3) is 0.375. The van der Waals surface area contributed by atoms with E-state index in [4.69, 9.17) is 11.6 Å². The van der Waals surface area contributed by atoms with Gasteiger partial charge in [0.2, 0.25) is 11.8 Å². The molecule has 220 valence electrons. The van der Waals surface area contributed by atoms with Crippen LogP contribution in [0, 0.1) is 26.7 Å². The molecule has 0 saturated carbocycles. The molecule has 1 N–H and O–H groups in total. The number of hydrogen-bond donors (Lipinski definition) is 1. The normalized spacial score (nSPS) is 12.2. The molecular formula is C32H40ClN3O4S. The number of nitrogens with one attached hydrogen (secondary N) is 1. The van der Waals surface area contributed by atoms with Crippen molar-refractivity contribution in [2.75, 3.05) is 17.4 Å². The van der Waals surface area contributed by atoms with E-state index >= 15 is 0 Å². The predicted octanol–water partition coefficient (Wildman–Crippen LogP) is 6.04. The van der Waals surface area contributed by atoms with Crippen molar-refractivity contribution in [3.05, 3.63) is 94.0 Å². The number of halogens is 1. The molecule has 0 fully saturated rings. The van der Waals surface area contributed by atoms with Gasteiger partial charge in [-0.25, -0.2) is 8.42 Å². The molecule has 2 amide bonds. The number of nitrogens with zero attached hydrogens (tertiary/aromatic N) is 2. The second-order valence-electron chi connectivity index (χ2n) is 10.8. The van der Waals surface area contributed by atoms with Crippen LogP contribution in [-0.4, -0.2) is 44.3 Å². The molecule has 3 rings (SSSR count). The number of aryl methyl sites for hydroxylation is 2. The maximum absolute atomic E-state index is 14.2. The molecule has 0 aliphatic carbocycles. The number of carbonyl (C=O) groups is 2. The largest absolute Gasteiger partial charge is 0.354 e. The molecule has 0 spiro atoms. The van der Waals surface area contributed by atoms with E-state index in [1.54, 1.807) is 37.3 Å². The van der Waals surface area contributed by atoms with Crippen LogP contribution in [0.15, 0.2) is 71.6 Å². The van der Waals surface area contributed by atoms with Crippen molar-refractivity contribution in [2.45, 2.75) is 65.4 Å². The van der Waals surface area contributed by atoms with Crippen LogP contribution in [0.4, 0.5) is 5.69 Å². The van der Waals surface area contributed by atoms with Crippen LogP contribution >= 0.6 is 11.6 Å². The van der Waals surface area contributed by atoms with Gasteiger partial charge in [-0.1, -0.05) is 86.0 Å². The quantitative estimate of drug-likeness (QED) is 0.276. The molecule has 0 heterocycles. The first-order valence-electron chi connectivity index (χ1n) is 13.8. The summed E-state index contributed by atoms with van der Waals surface area (Å²) >= 11 is 6.40. The third-order valence-corrected chi connectivity index (χ3v) is 9.08. The molecule has 3 aromatic rings. The maximum atomic E-state index is 14.2. The molecule has 0 unspecified atom stereocenters. The summed E-state index contributed by atoms with van der Waals surface area (Å²) < 4.78 is 29.2. The molecule has 0 aliphatic rings. The van der Waals surface area contributed by atoms with Crippen molar-refractivity contribution in [2.24, 2.45) is 5.92 Å². The average Bonchev–Trinajstić information content (AvgIpc) is 2.92. The Kier molecular flexibility index (Phi) is 11.0. The molecule has 0 aliphatic heterocycles. The summed E-state index contributed by atoms with van der Waals surface area (Å²) in [4.78, 5) is 29.1. The van der Waals surface area contributed by atoms with Gasteiger partial charge in [-0.15, -0.1) is 0 Å². The van der Waals surface area contributed by atoms with Gasteiger partial charge in [0.1, 0.15) is 12.6 Å². The first-order valence-corrected chi connectivity index (χ1v) is 15.6. The fourth-order valence-corrected chi connectivity index (χ4v) is 6.21. The highest BCUT2D eigenvalue weighted by atomic mass is 35.5. The van der Waals surface area contributed by atoms with Crippen LogP contribution in [0.5, 0.6) is 0 Å². The minimum Gasteiger partial charge on any atom is -0.354 e. The van der Waals surface area contributed by atoms with Crippen LogP contribution in [-0.2, 0) is 26.2 Å². The van der Waals surface area contributed by atoms with Gasteiger partial charge >= 0.3 is 0 Å². The van der Waals surface area contributed by atoms with Crippen LogP contribution in [0.25, 0.3) is 0 Å². The summed E-state index contributed by atoms with van der Waals surface area (Å²) in [5.41, 5.74) is 3.61. The molecular weight excluding hydrogens is 558 g/mol. The number of carbonyl (C=O) groups excluding carboxylic acids is 2. The highest BCUT2D eigenvalue weighted by Crippen LogP contribution is 2.31. The van der Waals surface area contributed by atoms with E-state index < -0.39 is 28.5 Å². The molecule has 7 nitrogen and oxygen atoms in total. The van der Waals surface area contributed by atoms with Gasteiger partial charge in [0.25, 0.3) is 10.0 Å². The van der Waals surface area contributed by atoms with Crippen molar-refractivity contribution in [1.82, 2.24) is 10.2 Å². The molecule has 9 heteroatoms. The lowest BCUT2D eigenvalue weighted by molar-refractivity contribution is -0.140. The number of anilines is 1. The Bertz CT molecular complexity index is 1470. The lowest BCUT2D eigenvalue weighted by Gasteiger charge is -2.34. The van der Waals surface area contributed by atoms with Gasteiger partial charge in [-0.2, -0.15) is 0 Å². The van der Waals surface area contributed by atoms with Gasteiger partial charge < -0.3 is 10.2 Å². The lowest BCUT2D eigenvalue weighted by Crippen LogP contribution is -2.52. The molecule has 0 saturated heterocycles. The molecule has 1 atom stereocenters. The van der Waals surface area contributed by atoms with Gasteiger partial charge in [0.15, 0.2) is 0 Å².